The number of thiophene rings is 1. The summed E-state index contributed by atoms with van der Waals surface area (Å²) in [5, 5.41) is 10.3. The molecule has 124 valence electrons. The molecule has 1 atom stereocenters. The molecule has 0 radical (unpaired) electrons. The third-order valence-electron chi connectivity index (χ3n) is 4.26. The zero-order valence-corrected chi connectivity index (χ0v) is 15.6. The maximum absolute atomic E-state index is 10.3. The number of halogens is 1. The summed E-state index contributed by atoms with van der Waals surface area (Å²) in [5.41, 5.74) is 1.21. The van der Waals surface area contributed by atoms with Gasteiger partial charge < -0.3 is 5.11 Å². The van der Waals surface area contributed by atoms with Crippen molar-refractivity contribution in [3.63, 3.8) is 0 Å². The summed E-state index contributed by atoms with van der Waals surface area (Å²) >= 11 is 5.34. The molecule has 1 aromatic heterocycles. The minimum absolute atomic E-state index is 0.280. The molecular formula is C18H23BrN2OS. The normalized spacial score (nSPS) is 18.2. The van der Waals surface area contributed by atoms with Crippen molar-refractivity contribution < 1.29 is 5.11 Å². The predicted octanol–water partition coefficient (Wildman–Crippen LogP) is 3.23. The van der Waals surface area contributed by atoms with E-state index >= 15 is 0 Å². The Morgan fingerprint density at radius 1 is 1.00 bits per heavy atom. The number of aliphatic hydroxyl groups is 1. The van der Waals surface area contributed by atoms with Crippen LogP contribution < -0.4 is 0 Å². The van der Waals surface area contributed by atoms with Crippen LogP contribution in [0.1, 0.15) is 10.4 Å². The van der Waals surface area contributed by atoms with Crippen LogP contribution in [0, 0.1) is 0 Å². The van der Waals surface area contributed by atoms with Gasteiger partial charge in [-0.2, -0.15) is 0 Å². The standard InChI is InChI=1S/C18H23BrN2OS/c19-18-7-6-17(23-18)14-21-10-8-20(9-11-21)13-16(22)12-15-4-2-1-3-5-15/h1-7,16,22H,8-14H2. The average Bonchev–Trinajstić information content (AvgIpc) is 2.95. The molecule has 0 aliphatic carbocycles. The lowest BCUT2D eigenvalue weighted by molar-refractivity contribution is 0.0708. The summed E-state index contributed by atoms with van der Waals surface area (Å²) < 4.78 is 1.20. The molecule has 5 heteroatoms. The molecule has 0 spiro atoms. The fourth-order valence-electron chi connectivity index (χ4n) is 3.04. The van der Waals surface area contributed by atoms with Crippen LogP contribution in [-0.2, 0) is 13.0 Å². The third kappa shape index (κ3) is 5.40. The molecule has 0 bridgehead atoms. The largest absolute Gasteiger partial charge is 0.391 e. The van der Waals surface area contributed by atoms with Crippen LogP contribution in [0.25, 0.3) is 0 Å². The smallest absolute Gasteiger partial charge is 0.0707 e. The highest BCUT2D eigenvalue weighted by atomic mass is 79.9. The van der Waals surface area contributed by atoms with Crippen molar-refractivity contribution in [2.75, 3.05) is 32.7 Å². The van der Waals surface area contributed by atoms with Gasteiger partial charge in [-0.1, -0.05) is 30.3 Å². The van der Waals surface area contributed by atoms with E-state index in [0.717, 1.165) is 45.7 Å². The summed E-state index contributed by atoms with van der Waals surface area (Å²) in [4.78, 5) is 6.29. The summed E-state index contributed by atoms with van der Waals surface area (Å²) in [6.45, 7) is 6.04. The number of nitrogens with zero attached hydrogens (tertiary/aromatic N) is 2. The first-order chi connectivity index (χ1) is 11.2. The second-order valence-electron chi connectivity index (χ2n) is 6.13. The molecule has 1 aromatic carbocycles. The van der Waals surface area contributed by atoms with Crippen LogP contribution in [0.3, 0.4) is 0 Å². The Kier molecular flexibility index (Phi) is 6.25. The van der Waals surface area contributed by atoms with Crippen molar-refractivity contribution in [1.82, 2.24) is 9.80 Å². The molecule has 1 N–H and O–H groups in total. The van der Waals surface area contributed by atoms with E-state index in [9.17, 15) is 5.11 Å². The lowest BCUT2D eigenvalue weighted by Crippen LogP contribution is -2.48. The molecule has 1 fully saturated rings. The molecule has 23 heavy (non-hydrogen) atoms. The van der Waals surface area contributed by atoms with Crippen LogP contribution in [-0.4, -0.2) is 53.7 Å². The summed E-state index contributed by atoms with van der Waals surface area (Å²) in [6.07, 6.45) is 0.460. The minimum Gasteiger partial charge on any atom is -0.391 e. The Hall–Kier alpha value is -0.720. The zero-order chi connectivity index (χ0) is 16.1. The van der Waals surface area contributed by atoms with Crippen molar-refractivity contribution in [1.29, 1.82) is 0 Å². The van der Waals surface area contributed by atoms with Gasteiger partial charge in [0, 0.05) is 44.1 Å². The number of benzene rings is 1. The maximum atomic E-state index is 10.3. The van der Waals surface area contributed by atoms with Gasteiger partial charge >= 0.3 is 0 Å². The molecule has 0 amide bonds. The van der Waals surface area contributed by atoms with Crippen molar-refractivity contribution >= 4 is 27.3 Å². The van der Waals surface area contributed by atoms with Gasteiger partial charge in [0.05, 0.1) is 9.89 Å². The molecule has 2 aromatic rings. The lowest BCUT2D eigenvalue weighted by Gasteiger charge is -2.35. The Balaban J connectivity index is 1.40. The van der Waals surface area contributed by atoms with Crippen molar-refractivity contribution in [3.8, 4) is 0 Å². The van der Waals surface area contributed by atoms with E-state index in [1.807, 2.05) is 29.5 Å². The molecule has 1 aliphatic heterocycles. The van der Waals surface area contributed by atoms with Crippen LogP contribution in [0.2, 0.25) is 0 Å². The van der Waals surface area contributed by atoms with Gasteiger partial charge in [-0.3, -0.25) is 9.80 Å². The Labute approximate surface area is 150 Å². The number of β-amino-alcohol motifs (C(OH)–C–C–N with tert-alkyl or cyclic N) is 1. The number of hydrogen-bond donors (Lipinski definition) is 1. The van der Waals surface area contributed by atoms with E-state index in [1.54, 1.807) is 0 Å². The molecule has 1 saturated heterocycles. The van der Waals surface area contributed by atoms with Crippen LogP contribution in [0.15, 0.2) is 46.3 Å². The van der Waals surface area contributed by atoms with Crippen LogP contribution in [0.5, 0.6) is 0 Å². The van der Waals surface area contributed by atoms with Crippen LogP contribution in [0.4, 0.5) is 0 Å². The van der Waals surface area contributed by atoms with Crippen molar-refractivity contribution in [3.05, 3.63) is 56.7 Å². The number of rotatable bonds is 6. The first kappa shape index (κ1) is 17.1. The van der Waals surface area contributed by atoms with E-state index in [2.05, 4.69) is 50.0 Å². The van der Waals surface area contributed by atoms with E-state index in [4.69, 9.17) is 0 Å². The van der Waals surface area contributed by atoms with Gasteiger partial charge in [-0.05, 0) is 40.0 Å². The fraction of sp³-hybridized carbons (Fsp3) is 0.444. The predicted molar refractivity (Wildman–Crippen MR) is 99.9 cm³/mol. The molecule has 3 rings (SSSR count). The van der Waals surface area contributed by atoms with E-state index < -0.39 is 0 Å². The molecule has 0 saturated carbocycles. The van der Waals surface area contributed by atoms with Gasteiger partial charge in [0.15, 0.2) is 0 Å². The summed E-state index contributed by atoms with van der Waals surface area (Å²) in [6, 6.07) is 14.6. The quantitative estimate of drug-likeness (QED) is 0.814. The number of piperazine rings is 1. The van der Waals surface area contributed by atoms with E-state index in [1.165, 1.54) is 14.2 Å². The Bertz CT molecular complexity index is 596. The van der Waals surface area contributed by atoms with Gasteiger partial charge in [0.25, 0.3) is 0 Å². The van der Waals surface area contributed by atoms with Crippen LogP contribution >= 0.6 is 27.3 Å². The second-order valence-corrected chi connectivity index (χ2v) is 8.67. The van der Waals surface area contributed by atoms with Gasteiger partial charge in [-0.25, -0.2) is 0 Å². The fourth-order valence-corrected chi connectivity index (χ4v) is 4.56. The third-order valence-corrected chi connectivity index (χ3v) is 5.86. The SMILES string of the molecule is OC(Cc1ccccc1)CN1CCN(Cc2ccc(Br)s2)CC1. The first-order valence-corrected chi connectivity index (χ1v) is 9.71. The second kappa shape index (κ2) is 8.40. The van der Waals surface area contributed by atoms with Crippen molar-refractivity contribution in [2.24, 2.45) is 0 Å². The van der Waals surface area contributed by atoms with E-state index in [-0.39, 0.29) is 6.10 Å². The van der Waals surface area contributed by atoms with Gasteiger partial charge in [0.1, 0.15) is 0 Å². The molecular weight excluding hydrogens is 372 g/mol. The molecule has 2 heterocycles. The molecule has 3 nitrogen and oxygen atoms in total. The summed E-state index contributed by atoms with van der Waals surface area (Å²) in [7, 11) is 0. The minimum atomic E-state index is -0.280. The highest BCUT2D eigenvalue weighted by Gasteiger charge is 2.19. The van der Waals surface area contributed by atoms with E-state index in [0.29, 0.717) is 0 Å². The Morgan fingerprint density at radius 3 is 2.35 bits per heavy atom. The molecule has 1 unspecified atom stereocenters. The summed E-state index contributed by atoms with van der Waals surface area (Å²) in [5.74, 6) is 0. The van der Waals surface area contributed by atoms with Gasteiger partial charge in [-0.15, -0.1) is 11.3 Å². The zero-order valence-electron chi connectivity index (χ0n) is 13.2. The maximum Gasteiger partial charge on any atom is 0.0707 e. The first-order valence-electron chi connectivity index (χ1n) is 8.10. The highest BCUT2D eigenvalue weighted by Crippen LogP contribution is 2.23. The monoisotopic (exact) mass is 394 g/mol. The highest BCUT2D eigenvalue weighted by molar-refractivity contribution is 9.11. The average molecular weight is 395 g/mol. The Morgan fingerprint density at radius 2 is 1.70 bits per heavy atom. The lowest BCUT2D eigenvalue weighted by atomic mass is 10.1. The molecule has 1 aliphatic rings. The number of hydrogen-bond acceptors (Lipinski definition) is 4. The van der Waals surface area contributed by atoms with Gasteiger partial charge in [0.2, 0.25) is 0 Å². The van der Waals surface area contributed by atoms with Crippen molar-refractivity contribution in [2.45, 2.75) is 19.1 Å². The number of aliphatic hydroxyl groups excluding tert-OH is 1. The topological polar surface area (TPSA) is 26.7 Å².